The van der Waals surface area contributed by atoms with Gasteiger partial charge in [-0.15, -0.1) is 0 Å². The van der Waals surface area contributed by atoms with Gasteiger partial charge in [0, 0.05) is 18.0 Å². The van der Waals surface area contributed by atoms with E-state index in [1.807, 2.05) is 26.8 Å². The Bertz CT molecular complexity index is 819. The molecule has 1 atom stereocenters. The lowest BCUT2D eigenvalue weighted by atomic mass is 10.2. The van der Waals surface area contributed by atoms with Crippen molar-refractivity contribution in [1.82, 2.24) is 9.78 Å². The van der Waals surface area contributed by atoms with Gasteiger partial charge < -0.3 is 15.4 Å². The normalized spacial score (nSPS) is 11.9. The van der Waals surface area contributed by atoms with E-state index in [4.69, 9.17) is 16.3 Å². The molecule has 0 saturated heterocycles. The highest BCUT2D eigenvalue weighted by atomic mass is 35.5. The summed E-state index contributed by atoms with van der Waals surface area (Å²) in [6.07, 6.45) is 0.268. The maximum atomic E-state index is 12.5. The second-order valence-corrected chi connectivity index (χ2v) is 6.63. The fraction of sp³-hybridized carbons (Fsp3) is 0.421. The Labute approximate surface area is 164 Å². The summed E-state index contributed by atoms with van der Waals surface area (Å²) in [4.78, 5) is 24.3. The Morgan fingerprint density at radius 1 is 1.26 bits per heavy atom. The molecular weight excluding hydrogens is 368 g/mol. The molecule has 0 saturated carbocycles. The lowest BCUT2D eigenvalue weighted by molar-refractivity contribution is -0.119. The fourth-order valence-electron chi connectivity index (χ4n) is 2.61. The van der Waals surface area contributed by atoms with Crippen molar-refractivity contribution in [2.45, 2.75) is 40.2 Å². The first-order chi connectivity index (χ1) is 12.8. The molecule has 2 rings (SSSR count). The third-order valence-electron chi connectivity index (χ3n) is 3.98. The van der Waals surface area contributed by atoms with Crippen LogP contribution in [0, 0.1) is 13.8 Å². The van der Waals surface area contributed by atoms with E-state index in [0.29, 0.717) is 29.6 Å². The molecule has 1 heterocycles. The Hall–Kier alpha value is -2.38. The number of aromatic nitrogens is 2. The highest BCUT2D eigenvalue weighted by Gasteiger charge is 2.19. The zero-order valence-electron chi connectivity index (χ0n) is 16.0. The van der Waals surface area contributed by atoms with Crippen molar-refractivity contribution < 1.29 is 14.3 Å². The minimum absolute atomic E-state index is 0.158. The largest absolute Gasteiger partial charge is 0.381 e. The standard InChI is InChI=1S/C19H25ClN4O3/c1-5-27-9-8-18(25)21-15-6-7-17(16(20)11-15)22-19(26)14(4)24-13(3)10-12(2)23-24/h6-7,10-11,14H,5,8-9H2,1-4H3,(H,21,25)(H,22,26). The fourth-order valence-corrected chi connectivity index (χ4v) is 2.84. The van der Waals surface area contributed by atoms with Crippen LogP contribution in [0.5, 0.6) is 0 Å². The van der Waals surface area contributed by atoms with E-state index in [9.17, 15) is 9.59 Å². The summed E-state index contributed by atoms with van der Waals surface area (Å²) in [5.41, 5.74) is 2.80. The van der Waals surface area contributed by atoms with E-state index in [2.05, 4.69) is 15.7 Å². The number of rotatable bonds is 8. The number of nitrogens with zero attached hydrogens (tertiary/aromatic N) is 2. The smallest absolute Gasteiger partial charge is 0.248 e. The molecule has 7 nitrogen and oxygen atoms in total. The quantitative estimate of drug-likeness (QED) is 0.670. The van der Waals surface area contributed by atoms with Gasteiger partial charge in [0.2, 0.25) is 11.8 Å². The highest BCUT2D eigenvalue weighted by molar-refractivity contribution is 6.34. The number of benzene rings is 1. The molecule has 0 fully saturated rings. The van der Waals surface area contributed by atoms with E-state index >= 15 is 0 Å². The van der Waals surface area contributed by atoms with Crippen molar-refractivity contribution in [3.05, 3.63) is 40.7 Å². The summed E-state index contributed by atoms with van der Waals surface area (Å²) in [5, 5.41) is 10.2. The van der Waals surface area contributed by atoms with Crippen LogP contribution in [-0.2, 0) is 14.3 Å². The molecule has 0 spiro atoms. The van der Waals surface area contributed by atoms with E-state index < -0.39 is 6.04 Å². The lowest BCUT2D eigenvalue weighted by Gasteiger charge is -2.16. The van der Waals surface area contributed by atoms with E-state index in [-0.39, 0.29) is 18.2 Å². The van der Waals surface area contributed by atoms with E-state index in [1.165, 1.54) is 0 Å². The van der Waals surface area contributed by atoms with Gasteiger partial charge in [-0.25, -0.2) is 0 Å². The first kappa shape index (κ1) is 20.9. The van der Waals surface area contributed by atoms with Crippen molar-refractivity contribution in [3.8, 4) is 0 Å². The summed E-state index contributed by atoms with van der Waals surface area (Å²) in [7, 11) is 0. The molecule has 2 N–H and O–H groups in total. The second-order valence-electron chi connectivity index (χ2n) is 6.23. The first-order valence-corrected chi connectivity index (χ1v) is 9.20. The number of nitrogens with one attached hydrogen (secondary N) is 2. The van der Waals surface area contributed by atoms with Crippen molar-refractivity contribution in [3.63, 3.8) is 0 Å². The summed E-state index contributed by atoms with van der Waals surface area (Å²) in [6.45, 7) is 8.38. The number of carbonyl (C=O) groups excluding carboxylic acids is 2. The number of ether oxygens (including phenoxy) is 1. The zero-order chi connectivity index (χ0) is 20.0. The van der Waals surface area contributed by atoms with E-state index in [0.717, 1.165) is 11.4 Å². The van der Waals surface area contributed by atoms with E-state index in [1.54, 1.807) is 29.8 Å². The number of halogens is 1. The second kappa shape index (κ2) is 9.53. The molecule has 1 aromatic heterocycles. The number of aryl methyl sites for hydroxylation is 2. The number of hydrogen-bond donors (Lipinski definition) is 2. The SMILES string of the molecule is CCOCCC(=O)Nc1ccc(NC(=O)C(C)n2nc(C)cc2C)c(Cl)c1. The average molecular weight is 393 g/mol. The number of amides is 2. The van der Waals surface area contributed by atoms with Gasteiger partial charge in [-0.1, -0.05) is 11.6 Å². The van der Waals surface area contributed by atoms with Gasteiger partial charge in [-0.2, -0.15) is 5.10 Å². The maximum absolute atomic E-state index is 12.5. The monoisotopic (exact) mass is 392 g/mol. The van der Waals surface area contributed by atoms with Crippen molar-refractivity contribution in [2.75, 3.05) is 23.8 Å². The number of anilines is 2. The topological polar surface area (TPSA) is 85.3 Å². The van der Waals surface area contributed by atoms with Gasteiger partial charge >= 0.3 is 0 Å². The molecule has 0 aliphatic rings. The molecular formula is C19H25ClN4O3. The van der Waals surface area contributed by atoms with Crippen LogP contribution >= 0.6 is 11.6 Å². The molecule has 2 amide bonds. The Morgan fingerprint density at radius 3 is 2.59 bits per heavy atom. The molecule has 0 radical (unpaired) electrons. The van der Waals surface area contributed by atoms with Crippen LogP contribution in [0.1, 0.15) is 37.7 Å². The molecule has 8 heteroatoms. The van der Waals surface area contributed by atoms with Crippen LogP contribution in [0.15, 0.2) is 24.3 Å². The van der Waals surface area contributed by atoms with Gasteiger partial charge in [0.05, 0.1) is 29.4 Å². The Balaban J connectivity index is 2.00. The molecule has 146 valence electrons. The van der Waals surface area contributed by atoms with Crippen LogP contribution in [0.2, 0.25) is 5.02 Å². The zero-order valence-corrected chi connectivity index (χ0v) is 16.8. The first-order valence-electron chi connectivity index (χ1n) is 8.82. The third-order valence-corrected chi connectivity index (χ3v) is 4.29. The van der Waals surface area contributed by atoms with Gasteiger partial charge in [0.1, 0.15) is 6.04 Å². The Morgan fingerprint density at radius 2 is 2.00 bits per heavy atom. The Kier molecular flexibility index (Phi) is 7.38. The summed E-state index contributed by atoms with van der Waals surface area (Å²) >= 11 is 6.26. The summed E-state index contributed by atoms with van der Waals surface area (Å²) < 4.78 is 6.83. The minimum Gasteiger partial charge on any atom is -0.381 e. The van der Waals surface area contributed by atoms with Crippen LogP contribution in [0.25, 0.3) is 0 Å². The lowest BCUT2D eigenvalue weighted by Crippen LogP contribution is -2.25. The van der Waals surface area contributed by atoms with Gasteiger partial charge in [0.25, 0.3) is 0 Å². The third kappa shape index (κ3) is 5.80. The molecule has 0 aliphatic carbocycles. The predicted octanol–water partition coefficient (Wildman–Crippen LogP) is 3.72. The number of carbonyl (C=O) groups is 2. The van der Waals surface area contributed by atoms with Crippen molar-refractivity contribution in [1.29, 1.82) is 0 Å². The van der Waals surface area contributed by atoms with Crippen LogP contribution in [-0.4, -0.2) is 34.8 Å². The minimum atomic E-state index is -0.479. The van der Waals surface area contributed by atoms with Crippen LogP contribution in [0.4, 0.5) is 11.4 Å². The van der Waals surface area contributed by atoms with Crippen molar-refractivity contribution in [2.24, 2.45) is 0 Å². The molecule has 2 aromatic rings. The van der Waals surface area contributed by atoms with Crippen molar-refractivity contribution >= 4 is 34.8 Å². The molecule has 0 aliphatic heterocycles. The number of hydrogen-bond acceptors (Lipinski definition) is 4. The summed E-state index contributed by atoms with van der Waals surface area (Å²) in [6, 6.07) is 6.39. The molecule has 0 bridgehead atoms. The predicted molar refractivity (Wildman–Crippen MR) is 106 cm³/mol. The summed E-state index contributed by atoms with van der Waals surface area (Å²) in [5.74, 6) is -0.383. The highest BCUT2D eigenvalue weighted by Crippen LogP contribution is 2.26. The van der Waals surface area contributed by atoms with Crippen LogP contribution in [0.3, 0.4) is 0 Å². The van der Waals surface area contributed by atoms with Gasteiger partial charge in [-0.3, -0.25) is 14.3 Å². The molecule has 27 heavy (non-hydrogen) atoms. The molecule has 1 aromatic carbocycles. The molecule has 1 unspecified atom stereocenters. The van der Waals surface area contributed by atoms with Crippen LogP contribution < -0.4 is 10.6 Å². The van der Waals surface area contributed by atoms with Gasteiger partial charge in [-0.05, 0) is 52.0 Å². The average Bonchev–Trinajstić information content (AvgIpc) is 2.95. The maximum Gasteiger partial charge on any atom is 0.248 e. The van der Waals surface area contributed by atoms with Gasteiger partial charge in [0.15, 0.2) is 0 Å².